The van der Waals surface area contributed by atoms with Crippen molar-refractivity contribution in [2.45, 2.75) is 83.0 Å². The zero-order valence-corrected chi connectivity index (χ0v) is 26.8. The number of benzene rings is 3. The number of fused-ring (bicyclic) bond motifs is 4. The van der Waals surface area contributed by atoms with Gasteiger partial charge in [-0.3, -0.25) is 10.1 Å². The highest BCUT2D eigenvalue weighted by molar-refractivity contribution is 6.03. The highest BCUT2D eigenvalue weighted by atomic mass is 16.6. The molecule has 5 heteroatoms. The summed E-state index contributed by atoms with van der Waals surface area (Å²) in [6.07, 6.45) is 18.8. The molecule has 0 amide bonds. The van der Waals surface area contributed by atoms with Gasteiger partial charge in [-0.2, -0.15) is 4.58 Å². The number of nitrogens with zero attached hydrogens (tertiary/aromatic N) is 3. The van der Waals surface area contributed by atoms with E-state index in [4.69, 9.17) is 0 Å². The van der Waals surface area contributed by atoms with Gasteiger partial charge in [-0.15, -0.1) is 6.58 Å². The Labute approximate surface area is 262 Å². The number of allylic oxidation sites excluding steroid dienone is 5. The number of hydrogen-bond acceptors (Lipinski definition) is 3. The zero-order chi connectivity index (χ0) is 31.1. The Kier molecular flexibility index (Phi) is 8.08. The molecule has 0 bridgehead atoms. The molecular weight excluding hydrogens is 542 g/mol. The van der Waals surface area contributed by atoms with E-state index in [0.29, 0.717) is 0 Å². The Morgan fingerprint density at radius 2 is 1.84 bits per heavy atom. The topological polar surface area (TPSA) is 49.4 Å². The molecule has 1 aliphatic carbocycles. The summed E-state index contributed by atoms with van der Waals surface area (Å²) in [5, 5.41) is 14.2. The summed E-state index contributed by atoms with van der Waals surface area (Å²) in [6, 6.07) is 18.5. The molecule has 6 rings (SSSR count). The lowest BCUT2D eigenvalue weighted by atomic mass is 9.76. The van der Waals surface area contributed by atoms with Crippen molar-refractivity contribution >= 4 is 33.5 Å². The molecule has 1 fully saturated rings. The van der Waals surface area contributed by atoms with Crippen LogP contribution in [0, 0.1) is 16.0 Å². The SMILES string of the molecule is C=CCC1(C)/C(=C\C=C\C2=[N+](CCCCC3CCCC3)c3ccc([N+](=O)[O-])cc3C2(C)C)N(C)c2ccc3ccccc3c21. The summed E-state index contributed by atoms with van der Waals surface area (Å²) in [6.45, 7) is 11.8. The van der Waals surface area contributed by atoms with Gasteiger partial charge in [0.25, 0.3) is 5.69 Å². The Hall–Kier alpha value is -3.99. The Balaban J connectivity index is 1.36. The van der Waals surface area contributed by atoms with E-state index in [1.165, 1.54) is 72.0 Å². The number of nitro benzene ring substituents is 1. The van der Waals surface area contributed by atoms with Gasteiger partial charge >= 0.3 is 0 Å². The number of non-ortho nitro benzene ring substituents is 1. The van der Waals surface area contributed by atoms with Crippen LogP contribution in [-0.4, -0.2) is 28.8 Å². The molecule has 0 saturated heterocycles. The molecule has 5 nitrogen and oxygen atoms in total. The predicted molar refractivity (Wildman–Crippen MR) is 183 cm³/mol. The first-order chi connectivity index (χ1) is 21.2. The van der Waals surface area contributed by atoms with Crippen molar-refractivity contribution < 1.29 is 9.50 Å². The minimum Gasteiger partial charge on any atom is -0.347 e. The Bertz CT molecular complexity index is 1710. The van der Waals surface area contributed by atoms with Crippen molar-refractivity contribution in [3.05, 3.63) is 112 Å². The molecule has 1 atom stereocenters. The maximum Gasteiger partial charge on any atom is 0.270 e. The van der Waals surface area contributed by atoms with Gasteiger partial charge in [0.05, 0.1) is 10.3 Å². The van der Waals surface area contributed by atoms with Crippen LogP contribution >= 0.6 is 0 Å². The van der Waals surface area contributed by atoms with Crippen molar-refractivity contribution in [2.75, 3.05) is 18.5 Å². The van der Waals surface area contributed by atoms with E-state index in [2.05, 4.69) is 98.5 Å². The monoisotopic (exact) mass is 588 g/mol. The van der Waals surface area contributed by atoms with Crippen LogP contribution in [0.5, 0.6) is 0 Å². The van der Waals surface area contributed by atoms with E-state index < -0.39 is 0 Å². The third kappa shape index (κ3) is 5.10. The lowest BCUT2D eigenvalue weighted by Crippen LogP contribution is -2.28. The summed E-state index contributed by atoms with van der Waals surface area (Å²) in [7, 11) is 2.17. The molecule has 0 N–H and O–H groups in total. The number of nitro groups is 1. The molecule has 0 radical (unpaired) electrons. The number of rotatable bonds is 10. The average molecular weight is 589 g/mol. The quantitative estimate of drug-likeness (QED) is 0.0779. The van der Waals surface area contributed by atoms with Crippen LogP contribution in [0.1, 0.15) is 83.3 Å². The molecule has 3 aliphatic rings. The van der Waals surface area contributed by atoms with E-state index in [0.717, 1.165) is 36.6 Å². The highest BCUT2D eigenvalue weighted by Gasteiger charge is 2.46. The second-order valence-corrected chi connectivity index (χ2v) is 13.7. The van der Waals surface area contributed by atoms with E-state index in [1.807, 2.05) is 12.1 Å². The number of hydrogen-bond donors (Lipinski definition) is 0. The maximum absolute atomic E-state index is 11.7. The predicted octanol–water partition coefficient (Wildman–Crippen LogP) is 9.91. The minimum absolute atomic E-state index is 0.156. The fourth-order valence-corrected chi connectivity index (χ4v) is 8.29. The average Bonchev–Trinajstić information content (AvgIpc) is 3.66. The van der Waals surface area contributed by atoms with E-state index in [1.54, 1.807) is 12.1 Å². The van der Waals surface area contributed by atoms with Gasteiger partial charge in [-0.25, -0.2) is 0 Å². The molecule has 1 saturated carbocycles. The molecule has 2 heterocycles. The largest absolute Gasteiger partial charge is 0.347 e. The molecule has 3 aromatic rings. The van der Waals surface area contributed by atoms with Crippen molar-refractivity contribution in [3.8, 4) is 0 Å². The van der Waals surface area contributed by atoms with Gasteiger partial charge in [0.2, 0.25) is 5.69 Å². The van der Waals surface area contributed by atoms with Gasteiger partial charge in [0.15, 0.2) is 5.71 Å². The number of unbranched alkanes of at least 4 members (excludes halogenated alkanes) is 1. The van der Waals surface area contributed by atoms with E-state index in [-0.39, 0.29) is 21.4 Å². The molecule has 0 aromatic heterocycles. The van der Waals surface area contributed by atoms with Gasteiger partial charge in [0, 0.05) is 60.1 Å². The first-order valence-electron chi connectivity index (χ1n) is 16.4. The first kappa shape index (κ1) is 30.1. The second-order valence-electron chi connectivity index (χ2n) is 13.7. The minimum atomic E-state index is -0.354. The summed E-state index contributed by atoms with van der Waals surface area (Å²) >= 11 is 0. The van der Waals surface area contributed by atoms with Crippen LogP contribution in [-0.2, 0) is 10.8 Å². The summed E-state index contributed by atoms with van der Waals surface area (Å²) in [5.41, 5.74) is 6.75. The summed E-state index contributed by atoms with van der Waals surface area (Å²) < 4.78 is 2.42. The zero-order valence-electron chi connectivity index (χ0n) is 26.8. The van der Waals surface area contributed by atoms with Crippen LogP contribution in [0.2, 0.25) is 0 Å². The van der Waals surface area contributed by atoms with Gasteiger partial charge in [-0.05, 0) is 68.0 Å². The normalized spacial score (nSPS) is 22.0. The molecule has 44 heavy (non-hydrogen) atoms. The van der Waals surface area contributed by atoms with Crippen LogP contribution in [0.25, 0.3) is 10.8 Å². The second kappa shape index (κ2) is 11.8. The molecule has 1 unspecified atom stereocenters. The number of likely N-dealkylation sites (N-methyl/N-ethyl adjacent to an activating group) is 1. The Morgan fingerprint density at radius 3 is 2.59 bits per heavy atom. The number of anilines is 1. The van der Waals surface area contributed by atoms with Crippen molar-refractivity contribution in [3.63, 3.8) is 0 Å². The van der Waals surface area contributed by atoms with Gasteiger partial charge < -0.3 is 4.90 Å². The lowest BCUT2D eigenvalue weighted by Gasteiger charge is -2.28. The first-order valence-corrected chi connectivity index (χ1v) is 16.4. The van der Waals surface area contributed by atoms with Crippen molar-refractivity contribution in [2.24, 2.45) is 5.92 Å². The third-order valence-electron chi connectivity index (χ3n) is 10.6. The smallest absolute Gasteiger partial charge is 0.270 e. The van der Waals surface area contributed by atoms with Gasteiger partial charge in [-0.1, -0.05) is 74.6 Å². The molecule has 0 spiro atoms. The lowest BCUT2D eigenvalue weighted by molar-refractivity contribution is -0.438. The fourth-order valence-electron chi connectivity index (χ4n) is 8.29. The Morgan fingerprint density at radius 1 is 1.07 bits per heavy atom. The molecule has 2 aliphatic heterocycles. The van der Waals surface area contributed by atoms with Crippen molar-refractivity contribution in [1.82, 2.24) is 0 Å². The molecule has 3 aromatic carbocycles. The van der Waals surface area contributed by atoms with Crippen LogP contribution in [0.4, 0.5) is 17.1 Å². The highest BCUT2D eigenvalue weighted by Crippen LogP contribution is 2.52. The maximum atomic E-state index is 11.7. The van der Waals surface area contributed by atoms with Gasteiger partial charge in [0.1, 0.15) is 6.54 Å². The van der Waals surface area contributed by atoms with Crippen LogP contribution in [0.15, 0.2) is 91.2 Å². The fraction of sp³-hybridized carbons (Fsp3) is 0.410. The van der Waals surface area contributed by atoms with Crippen LogP contribution in [0.3, 0.4) is 0 Å². The molecular formula is C39H46N3O2+. The van der Waals surface area contributed by atoms with Crippen molar-refractivity contribution in [1.29, 1.82) is 0 Å². The summed E-state index contributed by atoms with van der Waals surface area (Å²) in [5.74, 6) is 0.893. The summed E-state index contributed by atoms with van der Waals surface area (Å²) in [4.78, 5) is 13.8. The van der Waals surface area contributed by atoms with E-state index >= 15 is 0 Å². The molecule has 228 valence electrons. The third-order valence-corrected chi connectivity index (χ3v) is 10.6. The standard InChI is InChI=1S/C39H46N3O2/c1-6-25-39(4)36(40(5)34-23-21-29-17-9-10-18-31(29)37(34)39)20-13-19-35-38(2,3)32-27-30(42(43)44)22-24-33(32)41(35)26-12-11-16-28-14-7-8-15-28/h6,9-10,13,17-24,27-28H,1,7-8,11-12,14-16,25-26H2,2-5H3/q+1. The van der Waals surface area contributed by atoms with Crippen LogP contribution < -0.4 is 4.90 Å². The van der Waals surface area contributed by atoms with E-state index in [9.17, 15) is 10.1 Å².